The molecule has 0 radical (unpaired) electrons. The second-order valence-electron chi connectivity index (χ2n) is 6.59. The summed E-state index contributed by atoms with van der Waals surface area (Å²) in [7, 11) is 0. The van der Waals surface area contributed by atoms with Crippen LogP contribution in [0.1, 0.15) is 58.3 Å². The van der Waals surface area contributed by atoms with Gasteiger partial charge in [-0.3, -0.25) is 14.5 Å². The third kappa shape index (κ3) is 2.55. The van der Waals surface area contributed by atoms with Gasteiger partial charge in [0.25, 0.3) is 0 Å². The van der Waals surface area contributed by atoms with Gasteiger partial charge in [0.15, 0.2) is 0 Å². The van der Waals surface area contributed by atoms with E-state index in [9.17, 15) is 9.59 Å². The van der Waals surface area contributed by atoms with E-state index in [1.54, 1.807) is 4.90 Å². The number of nitrogens with zero attached hydrogens (tertiary/aromatic N) is 1. The molecule has 106 valence electrons. The number of imide groups is 1. The molecule has 3 fully saturated rings. The van der Waals surface area contributed by atoms with Crippen LogP contribution < -0.4 is 5.32 Å². The number of rotatable bonds is 3. The van der Waals surface area contributed by atoms with Gasteiger partial charge in [0.1, 0.15) is 0 Å². The zero-order valence-corrected chi connectivity index (χ0v) is 11.7. The molecule has 0 spiro atoms. The Balaban J connectivity index is 1.60. The van der Waals surface area contributed by atoms with Crippen LogP contribution in [0.25, 0.3) is 0 Å². The second kappa shape index (κ2) is 5.23. The summed E-state index contributed by atoms with van der Waals surface area (Å²) < 4.78 is 0. The molecule has 4 heteroatoms. The van der Waals surface area contributed by atoms with Gasteiger partial charge < -0.3 is 5.32 Å². The molecule has 1 N–H and O–H groups in total. The van der Waals surface area contributed by atoms with Crippen molar-refractivity contribution in [2.75, 3.05) is 0 Å². The van der Waals surface area contributed by atoms with Crippen molar-refractivity contribution >= 4 is 11.8 Å². The molecular formula is C15H24N2O2. The fraction of sp³-hybridized carbons (Fsp3) is 0.867. The van der Waals surface area contributed by atoms with E-state index in [4.69, 9.17) is 0 Å². The van der Waals surface area contributed by atoms with Crippen molar-refractivity contribution < 1.29 is 9.59 Å². The maximum absolute atomic E-state index is 12.4. The predicted molar refractivity (Wildman–Crippen MR) is 72.5 cm³/mol. The number of hydrogen-bond acceptors (Lipinski definition) is 3. The predicted octanol–water partition coefficient (Wildman–Crippen LogP) is 1.83. The quantitative estimate of drug-likeness (QED) is 0.791. The van der Waals surface area contributed by atoms with E-state index in [1.807, 2.05) is 0 Å². The summed E-state index contributed by atoms with van der Waals surface area (Å²) in [5, 5.41) is 3.38. The third-order valence-corrected chi connectivity index (χ3v) is 4.93. The van der Waals surface area contributed by atoms with E-state index < -0.39 is 0 Å². The molecular weight excluding hydrogens is 240 g/mol. The van der Waals surface area contributed by atoms with E-state index in [-0.39, 0.29) is 23.9 Å². The smallest absolute Gasteiger partial charge is 0.247 e. The lowest BCUT2D eigenvalue weighted by molar-refractivity contribution is -0.142. The van der Waals surface area contributed by atoms with Gasteiger partial charge in [0.2, 0.25) is 11.8 Å². The molecule has 0 bridgehead atoms. The van der Waals surface area contributed by atoms with E-state index in [0.29, 0.717) is 12.5 Å². The number of carbonyl (C=O) groups excluding carboxylic acids is 2. The lowest BCUT2D eigenvalue weighted by Crippen LogP contribution is -2.50. The Morgan fingerprint density at radius 1 is 1.11 bits per heavy atom. The van der Waals surface area contributed by atoms with Crippen LogP contribution in [0.5, 0.6) is 0 Å². The minimum Gasteiger partial charge on any atom is -0.303 e. The normalized spacial score (nSPS) is 36.7. The highest BCUT2D eigenvalue weighted by molar-refractivity contribution is 6.05. The molecule has 3 rings (SSSR count). The molecule has 1 unspecified atom stereocenters. The Morgan fingerprint density at radius 3 is 2.42 bits per heavy atom. The van der Waals surface area contributed by atoms with Gasteiger partial charge in [-0.2, -0.15) is 0 Å². The first kappa shape index (κ1) is 13.1. The zero-order chi connectivity index (χ0) is 13.4. The molecule has 2 saturated carbocycles. The number of nitrogens with one attached hydrogen (secondary N) is 1. The highest BCUT2D eigenvalue weighted by atomic mass is 16.2. The molecule has 1 aliphatic heterocycles. The van der Waals surface area contributed by atoms with Crippen LogP contribution in [0.3, 0.4) is 0 Å². The van der Waals surface area contributed by atoms with E-state index in [1.165, 1.54) is 6.42 Å². The summed E-state index contributed by atoms with van der Waals surface area (Å²) >= 11 is 0. The molecule has 2 aliphatic carbocycles. The van der Waals surface area contributed by atoms with Gasteiger partial charge in [0.05, 0.1) is 12.5 Å². The maximum atomic E-state index is 12.4. The van der Waals surface area contributed by atoms with E-state index in [2.05, 4.69) is 12.2 Å². The molecule has 0 aromatic heterocycles. The van der Waals surface area contributed by atoms with Crippen LogP contribution >= 0.6 is 0 Å². The monoisotopic (exact) mass is 264 g/mol. The first-order valence-electron chi connectivity index (χ1n) is 7.77. The molecule has 3 aliphatic rings. The highest BCUT2D eigenvalue weighted by Gasteiger charge is 2.43. The molecule has 0 aromatic rings. The van der Waals surface area contributed by atoms with E-state index >= 15 is 0 Å². The first-order chi connectivity index (χ1) is 9.15. The summed E-state index contributed by atoms with van der Waals surface area (Å²) in [5.74, 6) is 0.845. The van der Waals surface area contributed by atoms with Crippen molar-refractivity contribution in [2.24, 2.45) is 5.92 Å². The molecule has 4 nitrogen and oxygen atoms in total. The van der Waals surface area contributed by atoms with Gasteiger partial charge in [-0.25, -0.2) is 0 Å². The van der Waals surface area contributed by atoms with Crippen LogP contribution in [0.2, 0.25) is 0 Å². The summed E-state index contributed by atoms with van der Waals surface area (Å²) in [6.45, 7) is 2.23. The van der Waals surface area contributed by atoms with Crippen LogP contribution in [0.4, 0.5) is 0 Å². The van der Waals surface area contributed by atoms with Gasteiger partial charge in [-0.05, 0) is 31.6 Å². The summed E-state index contributed by atoms with van der Waals surface area (Å²) in [6.07, 6.45) is 8.21. The van der Waals surface area contributed by atoms with Gasteiger partial charge in [0, 0.05) is 12.1 Å². The number of amides is 2. The number of likely N-dealkylation sites (tertiary alicyclic amines) is 1. The Morgan fingerprint density at radius 2 is 1.79 bits per heavy atom. The minimum absolute atomic E-state index is 0.0384. The van der Waals surface area contributed by atoms with Crippen LogP contribution in [0, 0.1) is 5.92 Å². The summed E-state index contributed by atoms with van der Waals surface area (Å²) in [6, 6.07) is 0.385. The first-order valence-corrected chi connectivity index (χ1v) is 7.77. The molecule has 19 heavy (non-hydrogen) atoms. The molecule has 1 saturated heterocycles. The fourth-order valence-electron chi connectivity index (χ4n) is 3.83. The second-order valence-corrected chi connectivity index (χ2v) is 6.59. The average molecular weight is 264 g/mol. The zero-order valence-electron chi connectivity index (χ0n) is 11.7. The van der Waals surface area contributed by atoms with Crippen molar-refractivity contribution in [1.82, 2.24) is 10.2 Å². The standard InChI is InChI=1S/C15H24N2O2/c1-10-7-11(8-10)16-13-9-14(18)17(15(13)19)12-5-3-2-4-6-12/h10-13,16H,2-9H2,1H3. The Hall–Kier alpha value is -0.900. The van der Waals surface area contributed by atoms with Gasteiger partial charge >= 0.3 is 0 Å². The molecule has 2 amide bonds. The molecule has 1 atom stereocenters. The lowest BCUT2D eigenvalue weighted by Gasteiger charge is -2.35. The topological polar surface area (TPSA) is 49.4 Å². The summed E-state index contributed by atoms with van der Waals surface area (Å²) in [5.41, 5.74) is 0. The number of carbonyl (C=O) groups is 2. The Bertz CT molecular complexity index is 370. The summed E-state index contributed by atoms with van der Waals surface area (Å²) in [4.78, 5) is 26.1. The Kier molecular flexibility index (Phi) is 3.61. The highest BCUT2D eigenvalue weighted by Crippen LogP contribution is 2.30. The van der Waals surface area contributed by atoms with Crippen molar-refractivity contribution in [2.45, 2.75) is 76.4 Å². The van der Waals surface area contributed by atoms with Crippen molar-refractivity contribution in [3.63, 3.8) is 0 Å². The van der Waals surface area contributed by atoms with Gasteiger partial charge in [-0.1, -0.05) is 26.2 Å². The van der Waals surface area contributed by atoms with Crippen molar-refractivity contribution in [3.8, 4) is 0 Å². The van der Waals surface area contributed by atoms with Crippen molar-refractivity contribution in [3.05, 3.63) is 0 Å². The third-order valence-electron chi connectivity index (χ3n) is 4.93. The fourth-order valence-corrected chi connectivity index (χ4v) is 3.83. The SMILES string of the molecule is CC1CC(NC2CC(=O)N(C3CCCCC3)C2=O)C1. The van der Waals surface area contributed by atoms with E-state index in [0.717, 1.165) is 44.4 Å². The minimum atomic E-state index is -0.244. The van der Waals surface area contributed by atoms with Gasteiger partial charge in [-0.15, -0.1) is 0 Å². The molecule has 1 heterocycles. The van der Waals surface area contributed by atoms with Crippen LogP contribution in [-0.2, 0) is 9.59 Å². The largest absolute Gasteiger partial charge is 0.303 e. The van der Waals surface area contributed by atoms with Crippen LogP contribution in [-0.4, -0.2) is 34.8 Å². The Labute approximate surface area is 114 Å². The maximum Gasteiger partial charge on any atom is 0.247 e. The lowest BCUT2D eigenvalue weighted by atomic mass is 9.81. The average Bonchev–Trinajstić information content (AvgIpc) is 2.64. The van der Waals surface area contributed by atoms with Crippen LogP contribution in [0.15, 0.2) is 0 Å². The van der Waals surface area contributed by atoms with Crippen molar-refractivity contribution in [1.29, 1.82) is 0 Å². The number of hydrogen-bond donors (Lipinski definition) is 1. The molecule has 0 aromatic carbocycles.